The maximum atomic E-state index is 13.8. The number of hydrogen-bond donors (Lipinski definition) is 1. The van der Waals surface area contributed by atoms with Crippen LogP contribution in [0.15, 0.2) is 85.1 Å². The molecule has 34 heavy (non-hydrogen) atoms. The number of nitrogens with one attached hydrogen (secondary N) is 1. The van der Waals surface area contributed by atoms with E-state index in [0.29, 0.717) is 29.3 Å². The fourth-order valence-electron chi connectivity index (χ4n) is 3.84. The molecule has 2 heterocycles. The summed E-state index contributed by atoms with van der Waals surface area (Å²) in [7, 11) is 0. The number of aromatic nitrogens is 1. The van der Waals surface area contributed by atoms with Gasteiger partial charge in [-0.15, -0.1) is 0 Å². The SMILES string of the molecule is Cc1c(F)cccc1C(=O)Nc1ccc(C(=O)N2Cc3ccccc3Oc3ccccc32)cn1. The number of para-hydroxylation sites is 3. The van der Waals surface area contributed by atoms with Crippen LogP contribution in [-0.4, -0.2) is 16.8 Å². The van der Waals surface area contributed by atoms with Gasteiger partial charge in [0.05, 0.1) is 17.8 Å². The molecule has 0 unspecified atom stereocenters. The molecule has 0 radical (unpaired) electrons. The third-order valence-electron chi connectivity index (χ3n) is 5.69. The van der Waals surface area contributed by atoms with Crippen molar-refractivity contribution < 1.29 is 18.7 Å². The number of benzene rings is 3. The Balaban J connectivity index is 1.40. The average Bonchev–Trinajstić information content (AvgIpc) is 3.02. The third-order valence-corrected chi connectivity index (χ3v) is 5.69. The van der Waals surface area contributed by atoms with Gasteiger partial charge in [0.2, 0.25) is 0 Å². The fourth-order valence-corrected chi connectivity index (χ4v) is 3.84. The number of ether oxygens (including phenoxy) is 1. The molecule has 5 rings (SSSR count). The number of anilines is 2. The van der Waals surface area contributed by atoms with Crippen LogP contribution < -0.4 is 15.0 Å². The quantitative estimate of drug-likeness (QED) is 0.430. The summed E-state index contributed by atoms with van der Waals surface area (Å²) in [6.45, 7) is 1.88. The largest absolute Gasteiger partial charge is 0.455 e. The Bertz CT molecular complexity index is 1400. The van der Waals surface area contributed by atoms with Crippen molar-refractivity contribution in [2.24, 2.45) is 0 Å². The highest BCUT2D eigenvalue weighted by Crippen LogP contribution is 2.39. The van der Waals surface area contributed by atoms with Crippen molar-refractivity contribution in [2.75, 3.05) is 10.2 Å². The molecule has 1 aliphatic rings. The van der Waals surface area contributed by atoms with Gasteiger partial charge in [-0.3, -0.25) is 9.59 Å². The number of carbonyl (C=O) groups is 2. The second kappa shape index (κ2) is 8.78. The molecule has 0 aliphatic carbocycles. The molecule has 1 N–H and O–H groups in total. The molecule has 0 atom stereocenters. The summed E-state index contributed by atoms with van der Waals surface area (Å²) in [5, 5.41) is 2.65. The standard InChI is InChI=1S/C27H20FN3O3/c1-17-20(8-6-9-21(17)28)26(32)30-25-14-13-18(15-29-25)27(33)31-16-19-7-2-4-11-23(19)34-24-12-5-3-10-22(24)31/h2-15H,16H2,1H3,(H,29,30,32). The minimum atomic E-state index is -0.473. The number of amides is 2. The lowest BCUT2D eigenvalue weighted by atomic mass is 10.1. The van der Waals surface area contributed by atoms with E-state index in [4.69, 9.17) is 4.74 Å². The Morgan fingerprint density at radius 2 is 1.71 bits per heavy atom. The molecule has 168 valence electrons. The average molecular weight is 453 g/mol. The molecule has 0 saturated carbocycles. The Morgan fingerprint density at radius 1 is 0.941 bits per heavy atom. The van der Waals surface area contributed by atoms with Gasteiger partial charge < -0.3 is 15.0 Å². The van der Waals surface area contributed by atoms with Crippen molar-refractivity contribution in [3.05, 3.63) is 113 Å². The Labute approximate surface area is 195 Å². The van der Waals surface area contributed by atoms with Crippen molar-refractivity contribution in [3.63, 3.8) is 0 Å². The molecule has 6 nitrogen and oxygen atoms in total. The first kappa shape index (κ1) is 21.3. The maximum Gasteiger partial charge on any atom is 0.260 e. The fraction of sp³-hybridized carbons (Fsp3) is 0.0741. The topological polar surface area (TPSA) is 71.5 Å². The maximum absolute atomic E-state index is 13.8. The van der Waals surface area contributed by atoms with Crippen molar-refractivity contribution in [2.45, 2.75) is 13.5 Å². The molecule has 2 amide bonds. The summed E-state index contributed by atoms with van der Waals surface area (Å²) in [5.74, 6) is 0.370. The lowest BCUT2D eigenvalue weighted by Crippen LogP contribution is -2.30. The van der Waals surface area contributed by atoms with Crippen LogP contribution in [0.2, 0.25) is 0 Å². The van der Waals surface area contributed by atoms with E-state index < -0.39 is 11.7 Å². The predicted molar refractivity (Wildman–Crippen MR) is 127 cm³/mol. The van der Waals surface area contributed by atoms with Gasteiger partial charge >= 0.3 is 0 Å². The second-order valence-electron chi connectivity index (χ2n) is 7.87. The van der Waals surface area contributed by atoms with Gasteiger partial charge in [0.25, 0.3) is 11.8 Å². The van der Waals surface area contributed by atoms with Crippen molar-refractivity contribution in [3.8, 4) is 11.5 Å². The van der Waals surface area contributed by atoms with E-state index in [-0.39, 0.29) is 22.9 Å². The van der Waals surface area contributed by atoms with Gasteiger partial charge in [0, 0.05) is 17.3 Å². The first-order chi connectivity index (χ1) is 16.5. The first-order valence-electron chi connectivity index (χ1n) is 10.7. The molecule has 4 aromatic rings. The van der Waals surface area contributed by atoms with E-state index in [0.717, 1.165) is 5.56 Å². The zero-order chi connectivity index (χ0) is 23.7. The lowest BCUT2D eigenvalue weighted by molar-refractivity contribution is 0.0984. The third kappa shape index (κ3) is 3.99. The summed E-state index contributed by atoms with van der Waals surface area (Å²) < 4.78 is 19.8. The molecule has 7 heteroatoms. The highest BCUT2D eigenvalue weighted by atomic mass is 19.1. The summed E-state index contributed by atoms with van der Waals surface area (Å²) in [5.41, 5.74) is 2.38. The van der Waals surface area contributed by atoms with Crippen LogP contribution in [0, 0.1) is 12.7 Å². The van der Waals surface area contributed by atoms with Crippen LogP contribution in [0.1, 0.15) is 31.8 Å². The monoisotopic (exact) mass is 453 g/mol. The smallest absolute Gasteiger partial charge is 0.260 e. The highest BCUT2D eigenvalue weighted by Gasteiger charge is 2.26. The van der Waals surface area contributed by atoms with Crippen molar-refractivity contribution in [1.82, 2.24) is 4.98 Å². The van der Waals surface area contributed by atoms with E-state index in [1.54, 1.807) is 30.0 Å². The molecular weight excluding hydrogens is 433 g/mol. The molecule has 1 aromatic heterocycles. The minimum absolute atomic E-state index is 0.224. The van der Waals surface area contributed by atoms with E-state index in [1.165, 1.54) is 18.3 Å². The zero-order valence-corrected chi connectivity index (χ0v) is 18.3. The van der Waals surface area contributed by atoms with E-state index in [2.05, 4.69) is 10.3 Å². The van der Waals surface area contributed by atoms with Crippen molar-refractivity contribution >= 4 is 23.3 Å². The number of fused-ring (bicyclic) bond motifs is 2. The number of rotatable bonds is 3. The molecule has 0 spiro atoms. The van der Waals surface area contributed by atoms with Crippen LogP contribution in [0.4, 0.5) is 15.9 Å². The predicted octanol–water partition coefficient (Wildman–Crippen LogP) is 5.73. The summed E-state index contributed by atoms with van der Waals surface area (Å²) in [4.78, 5) is 31.9. The Morgan fingerprint density at radius 3 is 2.50 bits per heavy atom. The molecule has 1 aliphatic heterocycles. The van der Waals surface area contributed by atoms with Gasteiger partial charge in [0.15, 0.2) is 5.75 Å². The number of pyridine rings is 1. The van der Waals surface area contributed by atoms with Crippen molar-refractivity contribution in [1.29, 1.82) is 0 Å². The summed E-state index contributed by atoms with van der Waals surface area (Å²) in [6, 6.07) is 22.4. The Hall–Kier alpha value is -4.52. The van der Waals surface area contributed by atoms with Gasteiger partial charge in [-0.2, -0.15) is 0 Å². The number of carbonyl (C=O) groups excluding carboxylic acids is 2. The highest BCUT2D eigenvalue weighted by molar-refractivity contribution is 6.07. The van der Waals surface area contributed by atoms with Gasteiger partial charge in [-0.1, -0.05) is 36.4 Å². The molecule has 0 saturated heterocycles. The van der Waals surface area contributed by atoms with Gasteiger partial charge in [-0.05, 0) is 55.0 Å². The number of halogens is 1. The number of hydrogen-bond acceptors (Lipinski definition) is 4. The number of nitrogens with zero attached hydrogens (tertiary/aromatic N) is 2. The first-order valence-corrected chi connectivity index (χ1v) is 10.7. The van der Waals surface area contributed by atoms with Gasteiger partial charge in [-0.25, -0.2) is 9.37 Å². The van der Waals surface area contributed by atoms with E-state index in [1.807, 2.05) is 48.5 Å². The lowest BCUT2D eigenvalue weighted by Gasteiger charge is -2.22. The molecule has 0 bridgehead atoms. The Kier molecular flexibility index (Phi) is 5.51. The van der Waals surface area contributed by atoms with E-state index in [9.17, 15) is 14.0 Å². The molecule has 0 fully saturated rings. The summed E-state index contributed by atoms with van der Waals surface area (Å²) >= 11 is 0. The minimum Gasteiger partial charge on any atom is -0.455 e. The molecule has 3 aromatic carbocycles. The second-order valence-corrected chi connectivity index (χ2v) is 7.87. The van der Waals surface area contributed by atoms with Gasteiger partial charge in [0.1, 0.15) is 17.4 Å². The molecular formula is C27H20FN3O3. The van der Waals surface area contributed by atoms with Crippen LogP contribution in [0.5, 0.6) is 11.5 Å². The van der Waals surface area contributed by atoms with Crippen LogP contribution in [0.3, 0.4) is 0 Å². The van der Waals surface area contributed by atoms with Crippen LogP contribution in [-0.2, 0) is 6.54 Å². The summed E-state index contributed by atoms with van der Waals surface area (Å²) in [6.07, 6.45) is 1.41. The van der Waals surface area contributed by atoms with E-state index >= 15 is 0 Å². The van der Waals surface area contributed by atoms with Crippen LogP contribution >= 0.6 is 0 Å². The zero-order valence-electron chi connectivity index (χ0n) is 18.3. The normalized spacial score (nSPS) is 12.1. The van der Waals surface area contributed by atoms with Crippen LogP contribution in [0.25, 0.3) is 0 Å².